The second kappa shape index (κ2) is 7.28. The van der Waals surface area contributed by atoms with E-state index in [-0.39, 0.29) is 6.04 Å². The van der Waals surface area contributed by atoms with Gasteiger partial charge in [-0.05, 0) is 26.3 Å². The predicted octanol–water partition coefficient (Wildman–Crippen LogP) is 3.10. The molecule has 2 aliphatic heterocycles. The Kier molecular flexibility index (Phi) is 4.71. The molecular weight excluding hydrogens is 400 g/mol. The van der Waals surface area contributed by atoms with Gasteiger partial charge in [0.25, 0.3) is 0 Å². The van der Waals surface area contributed by atoms with Crippen LogP contribution < -0.4 is 4.90 Å². The summed E-state index contributed by atoms with van der Waals surface area (Å²) in [7, 11) is -3.39. The molecule has 156 valence electrons. The number of pyridine rings is 1. The van der Waals surface area contributed by atoms with Crippen LogP contribution in [0.2, 0.25) is 0 Å². The lowest BCUT2D eigenvalue weighted by atomic mass is 10.1. The Morgan fingerprint density at radius 2 is 2.13 bits per heavy atom. The van der Waals surface area contributed by atoms with Crippen LogP contribution >= 0.6 is 0 Å². The maximum atomic E-state index is 12.9. The summed E-state index contributed by atoms with van der Waals surface area (Å²) in [6.07, 6.45) is 8.90. The molecule has 1 saturated heterocycles. The summed E-state index contributed by atoms with van der Waals surface area (Å²) in [4.78, 5) is 16.7. The Balaban J connectivity index is 1.67. The maximum absolute atomic E-state index is 12.9. The minimum absolute atomic E-state index is 0.150. The average molecular weight is 425 g/mol. The molecule has 8 heteroatoms. The third kappa shape index (κ3) is 3.15. The molecule has 0 N–H and O–H groups in total. The quantitative estimate of drug-likeness (QED) is 0.748. The van der Waals surface area contributed by atoms with Gasteiger partial charge in [-0.15, -0.1) is 0 Å². The van der Waals surface area contributed by atoms with E-state index >= 15 is 0 Å². The number of rotatable bonds is 3. The van der Waals surface area contributed by atoms with Crippen LogP contribution in [0.3, 0.4) is 0 Å². The molecule has 30 heavy (non-hydrogen) atoms. The van der Waals surface area contributed by atoms with Crippen molar-refractivity contribution in [2.45, 2.75) is 38.0 Å². The van der Waals surface area contributed by atoms with E-state index in [2.05, 4.69) is 22.9 Å². The molecular formula is C22H24N4O3S. The molecule has 0 radical (unpaired) electrons. The first-order valence-electron chi connectivity index (χ1n) is 10.2. The molecule has 5 rings (SSSR count). The van der Waals surface area contributed by atoms with Crippen molar-refractivity contribution in [3.63, 3.8) is 0 Å². The molecule has 2 atom stereocenters. The van der Waals surface area contributed by atoms with Crippen molar-refractivity contribution in [3.8, 4) is 11.4 Å². The Hall–Kier alpha value is -2.58. The number of aromatic nitrogens is 3. The molecule has 0 amide bonds. The van der Waals surface area contributed by atoms with Gasteiger partial charge in [-0.3, -0.25) is 4.98 Å². The fourth-order valence-electron chi connectivity index (χ4n) is 4.32. The van der Waals surface area contributed by atoms with E-state index in [1.807, 2.05) is 18.2 Å². The first-order valence-corrected chi connectivity index (χ1v) is 11.8. The van der Waals surface area contributed by atoms with E-state index in [9.17, 15) is 8.42 Å². The molecule has 4 heterocycles. The summed E-state index contributed by atoms with van der Waals surface area (Å²) in [6.45, 7) is 5.69. The second-order valence-electron chi connectivity index (χ2n) is 8.00. The summed E-state index contributed by atoms with van der Waals surface area (Å²) >= 11 is 0. The molecule has 3 aliphatic rings. The number of allylic oxidation sites excluding steroid dienone is 3. The van der Waals surface area contributed by atoms with Gasteiger partial charge in [0.15, 0.2) is 15.7 Å². The van der Waals surface area contributed by atoms with Gasteiger partial charge in [-0.25, -0.2) is 18.4 Å². The van der Waals surface area contributed by atoms with Crippen molar-refractivity contribution < 1.29 is 13.2 Å². The summed E-state index contributed by atoms with van der Waals surface area (Å²) in [5.41, 5.74) is 3.44. The second-order valence-corrected chi connectivity index (χ2v) is 10.3. The highest BCUT2D eigenvalue weighted by atomic mass is 32.2. The largest absolute Gasteiger partial charge is 0.377 e. The highest BCUT2D eigenvalue weighted by molar-refractivity contribution is 7.95. The summed E-state index contributed by atoms with van der Waals surface area (Å²) < 4.78 is 31.4. The van der Waals surface area contributed by atoms with Gasteiger partial charge in [-0.1, -0.05) is 18.2 Å². The van der Waals surface area contributed by atoms with Crippen LogP contribution in [0.5, 0.6) is 0 Å². The third-order valence-electron chi connectivity index (χ3n) is 6.08. The first-order chi connectivity index (χ1) is 14.4. The molecule has 0 spiro atoms. The van der Waals surface area contributed by atoms with Gasteiger partial charge in [0.1, 0.15) is 11.1 Å². The number of morpholine rings is 1. The molecule has 1 fully saturated rings. The lowest BCUT2D eigenvalue weighted by Gasteiger charge is -2.34. The summed E-state index contributed by atoms with van der Waals surface area (Å²) in [6, 6.07) is 3.90. The fourth-order valence-corrected chi connectivity index (χ4v) is 5.89. The maximum Gasteiger partial charge on any atom is 0.182 e. The Bertz CT molecular complexity index is 1170. The van der Waals surface area contributed by atoms with Crippen molar-refractivity contribution in [3.05, 3.63) is 52.3 Å². The number of hydrogen-bond acceptors (Lipinski definition) is 7. The first kappa shape index (κ1) is 19.4. The van der Waals surface area contributed by atoms with Crippen molar-refractivity contribution in [1.29, 1.82) is 0 Å². The topological polar surface area (TPSA) is 85.3 Å². The normalized spacial score (nSPS) is 24.7. The molecule has 2 aromatic rings. The van der Waals surface area contributed by atoms with Crippen LogP contribution in [0.1, 0.15) is 42.5 Å². The fraction of sp³-hybridized carbons (Fsp3) is 0.409. The molecule has 0 unspecified atom stereocenters. The smallest absolute Gasteiger partial charge is 0.182 e. The van der Waals surface area contributed by atoms with Crippen LogP contribution in [-0.4, -0.2) is 49.2 Å². The van der Waals surface area contributed by atoms with E-state index in [0.717, 1.165) is 29.1 Å². The van der Waals surface area contributed by atoms with E-state index in [4.69, 9.17) is 14.7 Å². The Labute approximate surface area is 176 Å². The zero-order valence-electron chi connectivity index (χ0n) is 17.1. The average Bonchev–Trinajstić information content (AvgIpc) is 3.32. The lowest BCUT2D eigenvalue weighted by Crippen LogP contribution is -2.44. The van der Waals surface area contributed by atoms with Gasteiger partial charge in [-0.2, -0.15) is 0 Å². The number of fused-ring (bicyclic) bond motifs is 1. The van der Waals surface area contributed by atoms with E-state index in [1.165, 1.54) is 0 Å². The van der Waals surface area contributed by atoms with Crippen molar-refractivity contribution >= 4 is 21.7 Å². The zero-order chi connectivity index (χ0) is 20.9. The van der Waals surface area contributed by atoms with Crippen molar-refractivity contribution in [2.24, 2.45) is 0 Å². The number of nitrogens with zero attached hydrogens (tertiary/aromatic N) is 4. The highest BCUT2D eigenvalue weighted by Gasteiger charge is 2.35. The standard InChI is InChI=1S/C22H24N4O3S/c1-14-13-29-11-10-26(14)21-12-19(20-7-6-15(2)30(20,27)28)24-22(25-21)17-8-9-23-18-5-3-4-16(17)18/h3-4,6,8-9,12,14,20H,5,7,10-11,13H2,1-2H3/t14-,20+/m1/s1. The van der Waals surface area contributed by atoms with E-state index in [0.29, 0.717) is 42.6 Å². The van der Waals surface area contributed by atoms with E-state index in [1.54, 1.807) is 19.2 Å². The molecule has 2 aromatic heterocycles. The Morgan fingerprint density at radius 1 is 1.27 bits per heavy atom. The SMILES string of the molecule is CC1=CC[C@@H](c2cc(N3CCOC[C@H]3C)nc(-c3ccnc4c3C=CC4)n2)S1(=O)=O. The molecule has 0 aromatic carbocycles. The summed E-state index contributed by atoms with van der Waals surface area (Å²) in [5.74, 6) is 1.30. The van der Waals surface area contributed by atoms with Crippen LogP contribution in [0.25, 0.3) is 17.5 Å². The van der Waals surface area contributed by atoms with Gasteiger partial charge in [0, 0.05) is 41.3 Å². The van der Waals surface area contributed by atoms with Gasteiger partial charge in [0.05, 0.1) is 30.6 Å². The van der Waals surface area contributed by atoms with Crippen LogP contribution in [0.4, 0.5) is 5.82 Å². The lowest BCUT2D eigenvalue weighted by molar-refractivity contribution is 0.0985. The number of ether oxygens (including phenoxy) is 1. The minimum atomic E-state index is -3.39. The number of hydrogen-bond donors (Lipinski definition) is 0. The Morgan fingerprint density at radius 3 is 2.90 bits per heavy atom. The molecule has 0 bridgehead atoms. The van der Waals surface area contributed by atoms with Crippen LogP contribution in [0.15, 0.2) is 35.4 Å². The van der Waals surface area contributed by atoms with Gasteiger partial charge < -0.3 is 9.64 Å². The third-order valence-corrected chi connectivity index (χ3v) is 8.32. The number of anilines is 1. The van der Waals surface area contributed by atoms with Crippen LogP contribution in [0, 0.1) is 0 Å². The minimum Gasteiger partial charge on any atom is -0.377 e. The predicted molar refractivity (Wildman–Crippen MR) is 116 cm³/mol. The number of sulfone groups is 1. The zero-order valence-corrected chi connectivity index (χ0v) is 17.9. The van der Waals surface area contributed by atoms with Crippen molar-refractivity contribution in [2.75, 3.05) is 24.7 Å². The molecule has 7 nitrogen and oxygen atoms in total. The molecule has 1 aliphatic carbocycles. The van der Waals surface area contributed by atoms with Gasteiger partial charge >= 0.3 is 0 Å². The van der Waals surface area contributed by atoms with Crippen LogP contribution in [-0.2, 0) is 21.0 Å². The monoisotopic (exact) mass is 424 g/mol. The molecule has 0 saturated carbocycles. The highest BCUT2D eigenvalue weighted by Crippen LogP contribution is 2.39. The van der Waals surface area contributed by atoms with Gasteiger partial charge in [0.2, 0.25) is 0 Å². The summed E-state index contributed by atoms with van der Waals surface area (Å²) in [5, 5.41) is -0.667. The van der Waals surface area contributed by atoms with E-state index < -0.39 is 15.1 Å². The van der Waals surface area contributed by atoms with Crippen molar-refractivity contribution in [1.82, 2.24) is 15.0 Å².